The van der Waals surface area contributed by atoms with E-state index < -0.39 is 11.8 Å². The number of benzene rings is 2. The van der Waals surface area contributed by atoms with Crippen LogP contribution in [0.2, 0.25) is 10.0 Å². The number of amides is 2. The predicted molar refractivity (Wildman–Crippen MR) is 101 cm³/mol. The van der Waals surface area contributed by atoms with Crippen molar-refractivity contribution in [3.63, 3.8) is 0 Å². The van der Waals surface area contributed by atoms with Crippen molar-refractivity contribution in [3.05, 3.63) is 62.0 Å². The van der Waals surface area contributed by atoms with Crippen molar-refractivity contribution in [2.45, 2.75) is 20.0 Å². The van der Waals surface area contributed by atoms with Crippen LogP contribution in [0.5, 0.6) is 5.75 Å². The zero-order valence-electron chi connectivity index (χ0n) is 13.4. The Morgan fingerprint density at radius 1 is 1.04 bits per heavy atom. The Labute approximate surface area is 163 Å². The molecule has 0 unspecified atom stereocenters. The normalized spacial score (nSPS) is 10.5. The lowest BCUT2D eigenvalue weighted by molar-refractivity contribution is 0.0846. The summed E-state index contributed by atoms with van der Waals surface area (Å²) in [6.07, 6.45) is 0.0133. The molecular weight excluding hydrogens is 431 g/mol. The van der Waals surface area contributed by atoms with Crippen molar-refractivity contribution in [2.24, 2.45) is 0 Å². The van der Waals surface area contributed by atoms with Gasteiger partial charge in [0.1, 0.15) is 5.75 Å². The number of rotatable bonds is 4. The Balaban J connectivity index is 2.02. The minimum Gasteiger partial charge on any atom is -0.490 e. The number of halogens is 3. The van der Waals surface area contributed by atoms with E-state index in [1.165, 1.54) is 18.2 Å². The first-order chi connectivity index (χ1) is 11.8. The summed E-state index contributed by atoms with van der Waals surface area (Å²) >= 11 is 15.1. The molecule has 2 aromatic rings. The second kappa shape index (κ2) is 8.56. The number of carbonyl (C=O) groups excluding carboxylic acids is 2. The molecule has 2 aromatic carbocycles. The van der Waals surface area contributed by atoms with Gasteiger partial charge in [-0.05, 0) is 66.2 Å². The number of hydrogen-bond donors (Lipinski definition) is 2. The van der Waals surface area contributed by atoms with Gasteiger partial charge in [0.15, 0.2) is 0 Å². The molecule has 0 radical (unpaired) electrons. The number of ether oxygens (including phenoxy) is 1. The van der Waals surface area contributed by atoms with E-state index in [-0.39, 0.29) is 16.7 Å². The minimum absolute atomic E-state index is 0.0133. The lowest BCUT2D eigenvalue weighted by Gasteiger charge is -2.13. The topological polar surface area (TPSA) is 67.4 Å². The third kappa shape index (κ3) is 5.36. The Morgan fingerprint density at radius 2 is 1.72 bits per heavy atom. The van der Waals surface area contributed by atoms with Crippen molar-refractivity contribution in [2.75, 3.05) is 0 Å². The van der Waals surface area contributed by atoms with Gasteiger partial charge in [-0.3, -0.25) is 20.4 Å². The zero-order chi connectivity index (χ0) is 18.6. The van der Waals surface area contributed by atoms with Gasteiger partial charge in [0.05, 0.1) is 21.2 Å². The van der Waals surface area contributed by atoms with Crippen LogP contribution in [-0.2, 0) is 0 Å². The van der Waals surface area contributed by atoms with Crippen molar-refractivity contribution in [1.29, 1.82) is 0 Å². The third-order valence-electron chi connectivity index (χ3n) is 3.02. The Hall–Kier alpha value is -1.76. The van der Waals surface area contributed by atoms with Gasteiger partial charge in [-0.2, -0.15) is 0 Å². The van der Waals surface area contributed by atoms with Crippen LogP contribution in [0, 0.1) is 0 Å². The number of hydrazine groups is 1. The molecule has 0 aliphatic heterocycles. The average molecular weight is 446 g/mol. The van der Waals surface area contributed by atoms with Crippen molar-refractivity contribution in [3.8, 4) is 5.75 Å². The highest BCUT2D eigenvalue weighted by molar-refractivity contribution is 9.10. The van der Waals surface area contributed by atoms with E-state index in [2.05, 4.69) is 26.8 Å². The molecule has 0 heterocycles. The van der Waals surface area contributed by atoms with Gasteiger partial charge < -0.3 is 4.74 Å². The molecule has 0 fully saturated rings. The molecule has 0 atom stereocenters. The maximum Gasteiger partial charge on any atom is 0.271 e. The summed E-state index contributed by atoms with van der Waals surface area (Å²) in [5, 5.41) is 0.608. The number of nitrogens with one attached hydrogen (secondary N) is 2. The van der Waals surface area contributed by atoms with E-state index in [4.69, 9.17) is 27.9 Å². The highest BCUT2D eigenvalue weighted by Crippen LogP contribution is 2.27. The first-order valence-electron chi connectivity index (χ1n) is 7.30. The second-order valence-electron chi connectivity index (χ2n) is 5.34. The minimum atomic E-state index is -0.547. The van der Waals surface area contributed by atoms with Crippen LogP contribution in [0.15, 0.2) is 40.9 Å². The molecule has 0 bridgehead atoms. The molecule has 0 saturated heterocycles. The molecule has 25 heavy (non-hydrogen) atoms. The molecule has 5 nitrogen and oxygen atoms in total. The van der Waals surface area contributed by atoms with Gasteiger partial charge in [-0.1, -0.05) is 23.2 Å². The average Bonchev–Trinajstić information content (AvgIpc) is 2.53. The largest absolute Gasteiger partial charge is 0.490 e. The monoisotopic (exact) mass is 444 g/mol. The highest BCUT2D eigenvalue weighted by atomic mass is 79.9. The molecule has 0 aliphatic rings. The maximum atomic E-state index is 12.2. The fraction of sp³-hybridized carbons (Fsp3) is 0.176. The van der Waals surface area contributed by atoms with Crippen LogP contribution in [0.3, 0.4) is 0 Å². The summed E-state index contributed by atoms with van der Waals surface area (Å²) in [7, 11) is 0. The molecule has 2 rings (SSSR count). The van der Waals surface area contributed by atoms with Crippen LogP contribution < -0.4 is 15.6 Å². The van der Waals surface area contributed by atoms with Gasteiger partial charge in [-0.15, -0.1) is 0 Å². The summed E-state index contributed by atoms with van der Waals surface area (Å²) < 4.78 is 6.22. The number of hydrogen-bond acceptors (Lipinski definition) is 3. The van der Waals surface area contributed by atoms with Crippen LogP contribution in [0.4, 0.5) is 0 Å². The molecular formula is C17H15BrCl2N2O3. The smallest absolute Gasteiger partial charge is 0.271 e. The first-order valence-corrected chi connectivity index (χ1v) is 8.84. The molecule has 2 amide bonds. The van der Waals surface area contributed by atoms with Crippen molar-refractivity contribution in [1.82, 2.24) is 10.9 Å². The highest BCUT2D eigenvalue weighted by Gasteiger charge is 2.14. The molecule has 0 aromatic heterocycles. The fourth-order valence-corrected chi connectivity index (χ4v) is 2.88. The Kier molecular flexibility index (Phi) is 6.70. The van der Waals surface area contributed by atoms with E-state index in [0.717, 1.165) is 0 Å². The Bertz CT molecular complexity index is 812. The lowest BCUT2D eigenvalue weighted by Crippen LogP contribution is -2.41. The standard InChI is InChI=1S/C17H15BrCl2N2O3/c1-9(2)25-15-6-3-10(7-13(15)18)16(23)21-22-17(24)12-5-4-11(19)8-14(12)20/h3-9H,1-2H3,(H,21,23)(H,22,24). The van der Waals surface area contributed by atoms with E-state index in [9.17, 15) is 9.59 Å². The van der Waals surface area contributed by atoms with E-state index >= 15 is 0 Å². The van der Waals surface area contributed by atoms with E-state index in [1.54, 1.807) is 18.2 Å². The molecule has 8 heteroatoms. The summed E-state index contributed by atoms with van der Waals surface area (Å²) in [5.74, 6) is -0.396. The lowest BCUT2D eigenvalue weighted by atomic mass is 10.2. The summed E-state index contributed by atoms with van der Waals surface area (Å²) in [5.41, 5.74) is 5.20. The van der Waals surface area contributed by atoms with Crippen molar-refractivity contribution >= 4 is 50.9 Å². The van der Waals surface area contributed by atoms with Crippen LogP contribution in [-0.4, -0.2) is 17.9 Å². The summed E-state index contributed by atoms with van der Waals surface area (Å²) in [6.45, 7) is 3.81. The van der Waals surface area contributed by atoms with Crippen LogP contribution in [0.25, 0.3) is 0 Å². The van der Waals surface area contributed by atoms with Gasteiger partial charge in [-0.25, -0.2) is 0 Å². The van der Waals surface area contributed by atoms with Gasteiger partial charge in [0.2, 0.25) is 0 Å². The van der Waals surface area contributed by atoms with Crippen LogP contribution >= 0.6 is 39.1 Å². The summed E-state index contributed by atoms with van der Waals surface area (Å²) in [6, 6.07) is 9.34. The second-order valence-corrected chi connectivity index (χ2v) is 7.04. The quantitative estimate of drug-likeness (QED) is 0.674. The fourth-order valence-electron chi connectivity index (χ4n) is 1.92. The molecule has 2 N–H and O–H groups in total. The zero-order valence-corrected chi connectivity index (χ0v) is 16.5. The molecule has 0 saturated carbocycles. The Morgan fingerprint density at radius 3 is 2.32 bits per heavy atom. The summed E-state index contributed by atoms with van der Waals surface area (Å²) in [4.78, 5) is 24.2. The SMILES string of the molecule is CC(C)Oc1ccc(C(=O)NNC(=O)c2ccc(Cl)cc2Cl)cc1Br. The van der Waals surface area contributed by atoms with E-state index in [0.29, 0.717) is 20.8 Å². The van der Waals surface area contributed by atoms with Crippen molar-refractivity contribution < 1.29 is 14.3 Å². The molecule has 0 aliphatic carbocycles. The van der Waals surface area contributed by atoms with Gasteiger partial charge >= 0.3 is 0 Å². The first kappa shape index (κ1) is 19.6. The predicted octanol–water partition coefficient (Wildman–Crippen LogP) is 4.62. The molecule has 132 valence electrons. The number of carbonyl (C=O) groups is 2. The maximum absolute atomic E-state index is 12.2. The van der Waals surface area contributed by atoms with Gasteiger partial charge in [0.25, 0.3) is 11.8 Å². The molecule has 0 spiro atoms. The van der Waals surface area contributed by atoms with E-state index in [1.807, 2.05) is 13.8 Å². The third-order valence-corrected chi connectivity index (χ3v) is 4.19. The van der Waals surface area contributed by atoms with Crippen LogP contribution in [0.1, 0.15) is 34.6 Å². The van der Waals surface area contributed by atoms with Gasteiger partial charge in [0, 0.05) is 10.6 Å².